The minimum atomic E-state index is -4.65. The van der Waals surface area contributed by atoms with Crippen LogP contribution in [-0.4, -0.2) is 23.1 Å². The number of alkyl halides is 3. The molecule has 0 amide bonds. The summed E-state index contributed by atoms with van der Waals surface area (Å²) in [5, 5.41) is 9.49. The Kier molecular flexibility index (Phi) is 6.07. The SMILES string of the molecule is CN=C(NCc1noc(C(C)(C)C)n1)NCc1ccc(F)cc1C(F)(F)F. The Hall–Kier alpha value is -2.65. The molecule has 1 heterocycles. The average Bonchev–Trinajstić information content (AvgIpc) is 3.04. The van der Waals surface area contributed by atoms with Gasteiger partial charge in [0.05, 0.1) is 12.1 Å². The fourth-order valence-corrected chi connectivity index (χ4v) is 2.16. The summed E-state index contributed by atoms with van der Waals surface area (Å²) in [7, 11) is 1.47. The van der Waals surface area contributed by atoms with E-state index >= 15 is 0 Å². The monoisotopic (exact) mass is 387 g/mol. The van der Waals surface area contributed by atoms with Gasteiger partial charge in [-0.15, -0.1) is 0 Å². The molecule has 6 nitrogen and oxygen atoms in total. The number of guanidine groups is 1. The number of hydrogen-bond acceptors (Lipinski definition) is 4. The normalized spacial score (nSPS) is 13.0. The molecule has 0 aliphatic heterocycles. The summed E-state index contributed by atoms with van der Waals surface area (Å²) >= 11 is 0. The van der Waals surface area contributed by atoms with Gasteiger partial charge in [0, 0.05) is 19.0 Å². The Labute approximate surface area is 154 Å². The Morgan fingerprint density at radius 2 is 1.81 bits per heavy atom. The predicted molar refractivity (Wildman–Crippen MR) is 91.4 cm³/mol. The number of benzene rings is 1. The van der Waals surface area contributed by atoms with E-state index in [4.69, 9.17) is 4.52 Å². The molecule has 27 heavy (non-hydrogen) atoms. The highest BCUT2D eigenvalue weighted by molar-refractivity contribution is 5.79. The lowest BCUT2D eigenvalue weighted by atomic mass is 9.97. The van der Waals surface area contributed by atoms with Gasteiger partial charge in [0.2, 0.25) is 5.89 Å². The lowest BCUT2D eigenvalue weighted by Crippen LogP contribution is -2.37. The fourth-order valence-electron chi connectivity index (χ4n) is 2.16. The minimum Gasteiger partial charge on any atom is -0.352 e. The zero-order valence-electron chi connectivity index (χ0n) is 15.4. The van der Waals surface area contributed by atoms with Crippen LogP contribution < -0.4 is 10.6 Å². The van der Waals surface area contributed by atoms with E-state index in [1.54, 1.807) is 0 Å². The van der Waals surface area contributed by atoms with Crippen molar-refractivity contribution >= 4 is 5.96 Å². The first-order valence-electron chi connectivity index (χ1n) is 8.14. The van der Waals surface area contributed by atoms with Gasteiger partial charge < -0.3 is 15.2 Å². The van der Waals surface area contributed by atoms with Gasteiger partial charge in [-0.25, -0.2) is 4.39 Å². The number of aliphatic imine (C=N–C) groups is 1. The Morgan fingerprint density at radius 1 is 1.15 bits per heavy atom. The zero-order chi connectivity index (χ0) is 20.2. The highest BCUT2D eigenvalue weighted by Gasteiger charge is 2.33. The third-order valence-corrected chi connectivity index (χ3v) is 3.57. The fraction of sp³-hybridized carbons (Fsp3) is 0.471. The van der Waals surface area contributed by atoms with Crippen molar-refractivity contribution in [3.8, 4) is 0 Å². The molecule has 0 atom stereocenters. The molecular weight excluding hydrogens is 366 g/mol. The van der Waals surface area contributed by atoms with Crippen LogP contribution in [0.2, 0.25) is 0 Å². The second-order valence-corrected chi connectivity index (χ2v) is 6.84. The molecule has 0 spiro atoms. The van der Waals surface area contributed by atoms with Crippen molar-refractivity contribution in [1.82, 2.24) is 20.8 Å². The lowest BCUT2D eigenvalue weighted by Gasteiger charge is -2.15. The Bertz CT molecular complexity index is 808. The molecule has 0 saturated heterocycles. The molecule has 2 aromatic rings. The predicted octanol–water partition coefficient (Wildman–Crippen LogP) is 3.39. The molecule has 0 aliphatic carbocycles. The molecule has 2 N–H and O–H groups in total. The maximum atomic E-state index is 13.2. The zero-order valence-corrected chi connectivity index (χ0v) is 15.4. The molecule has 1 aromatic carbocycles. The third-order valence-electron chi connectivity index (χ3n) is 3.57. The van der Waals surface area contributed by atoms with E-state index in [0.717, 1.165) is 12.1 Å². The summed E-state index contributed by atoms with van der Waals surface area (Å²) in [6.45, 7) is 5.78. The number of nitrogens with zero attached hydrogens (tertiary/aromatic N) is 3. The number of halogens is 4. The Balaban J connectivity index is 2.00. The molecule has 2 rings (SSSR count). The van der Waals surface area contributed by atoms with Crippen LogP contribution in [0.4, 0.5) is 17.6 Å². The van der Waals surface area contributed by atoms with Crippen LogP contribution in [0, 0.1) is 5.82 Å². The van der Waals surface area contributed by atoms with Crippen molar-refractivity contribution < 1.29 is 22.1 Å². The van der Waals surface area contributed by atoms with Crippen LogP contribution in [0.15, 0.2) is 27.7 Å². The van der Waals surface area contributed by atoms with Gasteiger partial charge in [0.15, 0.2) is 11.8 Å². The van der Waals surface area contributed by atoms with Crippen LogP contribution in [0.3, 0.4) is 0 Å². The maximum Gasteiger partial charge on any atom is 0.416 e. The molecular formula is C17H21F4N5O. The molecule has 0 radical (unpaired) electrons. The van der Waals surface area contributed by atoms with Crippen LogP contribution in [0.5, 0.6) is 0 Å². The van der Waals surface area contributed by atoms with E-state index in [9.17, 15) is 17.6 Å². The summed E-state index contributed by atoms with van der Waals surface area (Å²) < 4.78 is 57.4. The van der Waals surface area contributed by atoms with Gasteiger partial charge in [-0.2, -0.15) is 18.2 Å². The molecule has 0 saturated carbocycles. The molecule has 0 bridgehead atoms. The smallest absolute Gasteiger partial charge is 0.352 e. The minimum absolute atomic E-state index is 0.0959. The van der Waals surface area contributed by atoms with E-state index in [1.165, 1.54) is 7.05 Å². The van der Waals surface area contributed by atoms with Gasteiger partial charge in [-0.1, -0.05) is 32.0 Å². The van der Waals surface area contributed by atoms with E-state index < -0.39 is 17.6 Å². The molecule has 0 aliphatic rings. The van der Waals surface area contributed by atoms with Gasteiger partial charge >= 0.3 is 6.18 Å². The molecule has 0 fully saturated rings. The van der Waals surface area contributed by atoms with Crippen molar-refractivity contribution in [2.45, 2.75) is 45.5 Å². The largest absolute Gasteiger partial charge is 0.416 e. The summed E-state index contributed by atoms with van der Waals surface area (Å²) in [5.41, 5.74) is -1.42. The number of aromatic nitrogens is 2. The second-order valence-electron chi connectivity index (χ2n) is 6.84. The number of rotatable bonds is 4. The van der Waals surface area contributed by atoms with Crippen molar-refractivity contribution in [3.05, 3.63) is 46.9 Å². The molecule has 1 aromatic heterocycles. The Morgan fingerprint density at radius 3 is 2.37 bits per heavy atom. The highest BCUT2D eigenvalue weighted by atomic mass is 19.4. The van der Waals surface area contributed by atoms with Crippen LogP contribution >= 0.6 is 0 Å². The quantitative estimate of drug-likeness (QED) is 0.478. The van der Waals surface area contributed by atoms with Gasteiger partial charge in [-0.3, -0.25) is 4.99 Å². The van der Waals surface area contributed by atoms with Crippen LogP contribution in [0.1, 0.15) is 43.6 Å². The van der Waals surface area contributed by atoms with E-state index in [0.29, 0.717) is 17.8 Å². The second kappa shape index (κ2) is 7.93. The summed E-state index contributed by atoms with van der Waals surface area (Å²) in [4.78, 5) is 8.18. The standard InChI is InChI=1S/C17H21F4N5O/c1-16(2,3)14-25-13(26-27-14)9-24-15(22-4)23-8-10-5-6-11(18)7-12(10)17(19,20)21/h5-7H,8-9H2,1-4H3,(H2,22,23,24). The maximum absolute atomic E-state index is 13.2. The van der Waals surface area contributed by atoms with Crippen molar-refractivity contribution in [1.29, 1.82) is 0 Å². The first-order chi connectivity index (χ1) is 12.5. The highest BCUT2D eigenvalue weighted by Crippen LogP contribution is 2.32. The topological polar surface area (TPSA) is 75.3 Å². The van der Waals surface area contributed by atoms with E-state index in [1.807, 2.05) is 20.8 Å². The van der Waals surface area contributed by atoms with Gasteiger partial charge in [-0.05, 0) is 17.7 Å². The summed E-state index contributed by atoms with van der Waals surface area (Å²) in [5.74, 6) is 0.166. The third kappa shape index (κ3) is 5.66. The van der Waals surface area contributed by atoms with Crippen LogP contribution in [-0.2, 0) is 24.7 Å². The lowest BCUT2D eigenvalue weighted by molar-refractivity contribution is -0.138. The van der Waals surface area contributed by atoms with Crippen molar-refractivity contribution in [2.24, 2.45) is 4.99 Å². The van der Waals surface area contributed by atoms with Gasteiger partial charge in [0.1, 0.15) is 5.82 Å². The average molecular weight is 387 g/mol. The molecule has 148 valence electrons. The first-order valence-corrected chi connectivity index (χ1v) is 8.14. The molecule has 10 heteroatoms. The van der Waals surface area contributed by atoms with Crippen LogP contribution in [0.25, 0.3) is 0 Å². The first kappa shape index (κ1) is 20.7. The number of hydrogen-bond donors (Lipinski definition) is 2. The summed E-state index contributed by atoms with van der Waals surface area (Å²) in [6, 6.07) is 2.55. The van der Waals surface area contributed by atoms with Gasteiger partial charge in [0.25, 0.3) is 0 Å². The van der Waals surface area contributed by atoms with E-state index in [2.05, 4.69) is 25.8 Å². The van der Waals surface area contributed by atoms with Crippen molar-refractivity contribution in [3.63, 3.8) is 0 Å². The summed E-state index contributed by atoms with van der Waals surface area (Å²) in [6.07, 6.45) is -4.65. The molecule has 0 unspecified atom stereocenters. The number of nitrogens with one attached hydrogen (secondary N) is 2. The van der Waals surface area contributed by atoms with Crippen molar-refractivity contribution in [2.75, 3.05) is 7.05 Å². The van der Waals surface area contributed by atoms with E-state index in [-0.39, 0.29) is 30.0 Å².